The fourth-order valence-electron chi connectivity index (χ4n) is 2.71. The summed E-state index contributed by atoms with van der Waals surface area (Å²) in [7, 11) is 0. The van der Waals surface area contributed by atoms with Crippen molar-refractivity contribution in [3.05, 3.63) is 35.1 Å². The van der Waals surface area contributed by atoms with Crippen LogP contribution >= 0.6 is 0 Å². The molecule has 1 aliphatic rings. The molecule has 2 rings (SSSR count). The summed E-state index contributed by atoms with van der Waals surface area (Å²) in [5.41, 5.74) is 2.36. The van der Waals surface area contributed by atoms with E-state index in [0.717, 1.165) is 36.8 Å². The molecular formula is C16H24FN. The minimum Gasteiger partial charge on any atom is -0.313 e. The Kier molecular flexibility index (Phi) is 4.39. The third kappa shape index (κ3) is 3.32. The highest BCUT2D eigenvalue weighted by atomic mass is 19.1. The van der Waals surface area contributed by atoms with E-state index in [2.05, 4.69) is 26.1 Å². The van der Waals surface area contributed by atoms with Crippen LogP contribution in [0.3, 0.4) is 0 Å². The first-order valence-corrected chi connectivity index (χ1v) is 7.10. The quantitative estimate of drug-likeness (QED) is 0.810. The van der Waals surface area contributed by atoms with Crippen molar-refractivity contribution in [1.29, 1.82) is 0 Å². The van der Waals surface area contributed by atoms with Crippen LogP contribution in [0.25, 0.3) is 0 Å². The second kappa shape index (κ2) is 5.83. The van der Waals surface area contributed by atoms with Crippen LogP contribution in [0.1, 0.15) is 37.8 Å². The predicted molar refractivity (Wildman–Crippen MR) is 74.2 cm³/mol. The van der Waals surface area contributed by atoms with E-state index in [4.69, 9.17) is 0 Å². The lowest BCUT2D eigenvalue weighted by Crippen LogP contribution is -2.34. The Hall–Kier alpha value is -0.890. The average molecular weight is 249 g/mol. The maximum atomic E-state index is 13.3. The molecular weight excluding hydrogens is 225 g/mol. The maximum Gasteiger partial charge on any atom is 0.123 e. The van der Waals surface area contributed by atoms with E-state index >= 15 is 0 Å². The van der Waals surface area contributed by atoms with Crippen LogP contribution in [-0.4, -0.2) is 12.6 Å². The first kappa shape index (κ1) is 13.5. The second-order valence-corrected chi connectivity index (χ2v) is 5.71. The van der Waals surface area contributed by atoms with Gasteiger partial charge in [-0.1, -0.05) is 19.9 Å². The van der Waals surface area contributed by atoms with Crippen molar-refractivity contribution in [1.82, 2.24) is 5.32 Å². The molecule has 0 aromatic heterocycles. The highest BCUT2D eigenvalue weighted by Crippen LogP contribution is 2.41. The number of nitrogens with one attached hydrogen (secondary N) is 1. The predicted octanol–water partition coefficient (Wildman–Crippen LogP) is 3.70. The van der Waals surface area contributed by atoms with Crippen molar-refractivity contribution in [2.45, 2.75) is 46.1 Å². The molecule has 1 aliphatic carbocycles. The normalized spacial score (nSPS) is 24.0. The zero-order valence-electron chi connectivity index (χ0n) is 11.7. The summed E-state index contributed by atoms with van der Waals surface area (Å²) in [5, 5.41) is 3.63. The third-order valence-corrected chi connectivity index (χ3v) is 4.10. The lowest BCUT2D eigenvalue weighted by Gasteiger charge is -2.20. The molecule has 1 N–H and O–H groups in total. The van der Waals surface area contributed by atoms with Gasteiger partial charge in [-0.25, -0.2) is 4.39 Å². The van der Waals surface area contributed by atoms with Crippen molar-refractivity contribution < 1.29 is 4.39 Å². The van der Waals surface area contributed by atoms with Gasteiger partial charge in [0, 0.05) is 6.04 Å². The van der Waals surface area contributed by atoms with Crippen LogP contribution in [0.15, 0.2) is 18.2 Å². The first-order chi connectivity index (χ1) is 8.61. The summed E-state index contributed by atoms with van der Waals surface area (Å²) in [5.74, 6) is 1.49. The number of aryl methyl sites for hydroxylation is 1. The van der Waals surface area contributed by atoms with Crippen molar-refractivity contribution in [2.24, 2.45) is 11.8 Å². The SMILES string of the molecule is CCCNC(Cc1cc(F)ccc1C)C1CC1C. The van der Waals surface area contributed by atoms with Crippen molar-refractivity contribution >= 4 is 0 Å². The number of benzene rings is 1. The monoisotopic (exact) mass is 249 g/mol. The van der Waals surface area contributed by atoms with E-state index in [1.807, 2.05) is 6.07 Å². The molecule has 0 radical (unpaired) electrons. The largest absolute Gasteiger partial charge is 0.313 e. The van der Waals surface area contributed by atoms with E-state index in [9.17, 15) is 4.39 Å². The minimum absolute atomic E-state index is 0.117. The number of hydrogen-bond acceptors (Lipinski definition) is 1. The Bertz CT molecular complexity index is 402. The summed E-state index contributed by atoms with van der Waals surface area (Å²) < 4.78 is 13.3. The molecule has 2 heteroatoms. The van der Waals surface area contributed by atoms with Crippen LogP contribution in [0.2, 0.25) is 0 Å². The van der Waals surface area contributed by atoms with Gasteiger partial charge in [0.15, 0.2) is 0 Å². The Balaban J connectivity index is 2.05. The lowest BCUT2D eigenvalue weighted by molar-refractivity contribution is 0.442. The van der Waals surface area contributed by atoms with Gasteiger partial charge in [-0.2, -0.15) is 0 Å². The van der Waals surface area contributed by atoms with Crippen LogP contribution in [0.4, 0.5) is 4.39 Å². The van der Waals surface area contributed by atoms with Gasteiger partial charge in [-0.15, -0.1) is 0 Å². The molecule has 1 aromatic carbocycles. The van der Waals surface area contributed by atoms with Crippen molar-refractivity contribution in [3.63, 3.8) is 0 Å². The summed E-state index contributed by atoms with van der Waals surface area (Å²) in [6, 6.07) is 5.65. The second-order valence-electron chi connectivity index (χ2n) is 5.71. The van der Waals surface area contributed by atoms with Crippen LogP contribution in [-0.2, 0) is 6.42 Å². The molecule has 18 heavy (non-hydrogen) atoms. The molecule has 1 fully saturated rings. The van der Waals surface area contributed by atoms with Crippen molar-refractivity contribution in [3.8, 4) is 0 Å². The first-order valence-electron chi connectivity index (χ1n) is 7.10. The fourth-order valence-corrected chi connectivity index (χ4v) is 2.71. The Morgan fingerprint density at radius 1 is 1.44 bits per heavy atom. The van der Waals surface area contributed by atoms with E-state index in [-0.39, 0.29) is 5.82 Å². The van der Waals surface area contributed by atoms with Gasteiger partial charge in [0.05, 0.1) is 0 Å². The zero-order chi connectivity index (χ0) is 13.1. The smallest absolute Gasteiger partial charge is 0.123 e. The van der Waals surface area contributed by atoms with E-state index < -0.39 is 0 Å². The van der Waals surface area contributed by atoms with Crippen LogP contribution in [0, 0.1) is 24.6 Å². The Morgan fingerprint density at radius 3 is 2.78 bits per heavy atom. The van der Waals surface area contributed by atoms with E-state index in [0.29, 0.717) is 6.04 Å². The number of halogens is 1. The van der Waals surface area contributed by atoms with Gasteiger partial charge < -0.3 is 5.32 Å². The summed E-state index contributed by atoms with van der Waals surface area (Å²) >= 11 is 0. The van der Waals surface area contributed by atoms with Crippen LogP contribution < -0.4 is 5.32 Å². The third-order valence-electron chi connectivity index (χ3n) is 4.10. The summed E-state index contributed by atoms with van der Waals surface area (Å²) in [6.45, 7) is 7.63. The highest BCUT2D eigenvalue weighted by molar-refractivity contribution is 5.27. The van der Waals surface area contributed by atoms with Gasteiger partial charge in [-0.3, -0.25) is 0 Å². The van der Waals surface area contributed by atoms with Gasteiger partial charge in [0.2, 0.25) is 0 Å². The van der Waals surface area contributed by atoms with Gasteiger partial charge in [-0.05, 0) is 67.8 Å². The van der Waals surface area contributed by atoms with Gasteiger partial charge >= 0.3 is 0 Å². The lowest BCUT2D eigenvalue weighted by atomic mass is 9.97. The average Bonchev–Trinajstić information content (AvgIpc) is 3.06. The van der Waals surface area contributed by atoms with Gasteiger partial charge in [0.25, 0.3) is 0 Å². The molecule has 0 spiro atoms. The summed E-state index contributed by atoms with van der Waals surface area (Å²) in [6.07, 6.45) is 3.42. The number of hydrogen-bond donors (Lipinski definition) is 1. The zero-order valence-corrected chi connectivity index (χ0v) is 11.7. The standard InChI is InChI=1S/C16H24FN/c1-4-7-18-16(15-8-12(15)3)10-13-9-14(17)6-5-11(13)2/h5-6,9,12,15-16,18H,4,7-8,10H2,1-3H3. The highest BCUT2D eigenvalue weighted by Gasteiger charge is 2.39. The molecule has 3 atom stereocenters. The fraction of sp³-hybridized carbons (Fsp3) is 0.625. The molecule has 1 saturated carbocycles. The molecule has 0 saturated heterocycles. The molecule has 1 nitrogen and oxygen atoms in total. The van der Waals surface area contributed by atoms with E-state index in [1.165, 1.54) is 12.0 Å². The molecule has 0 amide bonds. The van der Waals surface area contributed by atoms with Crippen molar-refractivity contribution in [2.75, 3.05) is 6.54 Å². The minimum atomic E-state index is -0.117. The molecule has 0 heterocycles. The van der Waals surface area contributed by atoms with Gasteiger partial charge in [0.1, 0.15) is 5.82 Å². The summed E-state index contributed by atoms with van der Waals surface area (Å²) in [4.78, 5) is 0. The number of rotatable bonds is 6. The Labute approximate surface area is 110 Å². The van der Waals surface area contributed by atoms with Crippen LogP contribution in [0.5, 0.6) is 0 Å². The molecule has 0 bridgehead atoms. The maximum absolute atomic E-state index is 13.3. The molecule has 1 aromatic rings. The Morgan fingerprint density at radius 2 is 2.17 bits per heavy atom. The molecule has 0 aliphatic heterocycles. The molecule has 100 valence electrons. The van der Waals surface area contributed by atoms with E-state index in [1.54, 1.807) is 12.1 Å². The topological polar surface area (TPSA) is 12.0 Å². The molecule has 3 unspecified atom stereocenters.